The van der Waals surface area contributed by atoms with Crippen molar-refractivity contribution in [2.45, 2.75) is 31.8 Å². The Morgan fingerprint density at radius 2 is 2.10 bits per heavy atom. The zero-order valence-corrected chi connectivity index (χ0v) is 13.0. The van der Waals surface area contributed by atoms with Crippen LogP contribution in [-0.4, -0.2) is 63.8 Å². The number of amides is 1. The predicted molar refractivity (Wildman–Crippen MR) is 80.7 cm³/mol. The van der Waals surface area contributed by atoms with Crippen molar-refractivity contribution in [1.82, 2.24) is 24.9 Å². The van der Waals surface area contributed by atoms with Crippen LogP contribution in [0.1, 0.15) is 25.3 Å². The van der Waals surface area contributed by atoms with Crippen LogP contribution in [0, 0.1) is 0 Å². The number of piperazine rings is 1. The molecule has 6 nitrogen and oxygen atoms in total. The van der Waals surface area contributed by atoms with Gasteiger partial charge in [0, 0.05) is 51.5 Å². The molecule has 116 valence electrons. The van der Waals surface area contributed by atoms with Gasteiger partial charge in [0.1, 0.15) is 5.54 Å². The molecule has 0 saturated carbocycles. The second-order valence-electron chi connectivity index (χ2n) is 6.17. The van der Waals surface area contributed by atoms with E-state index in [2.05, 4.69) is 33.3 Å². The standard InChI is InChI=1S/C15H25N5O/c1-3-20-9-6-16-14(21)15(20)4-7-19(8-5-15)12-13-10-17-18(2)11-13/h10-11H,3-9,12H2,1-2H3,(H,16,21). The number of aromatic nitrogens is 2. The summed E-state index contributed by atoms with van der Waals surface area (Å²) < 4.78 is 1.84. The maximum Gasteiger partial charge on any atom is 0.240 e. The van der Waals surface area contributed by atoms with Gasteiger partial charge in [-0.1, -0.05) is 6.92 Å². The Morgan fingerprint density at radius 3 is 2.71 bits per heavy atom. The number of likely N-dealkylation sites (tertiary alicyclic amines) is 1. The van der Waals surface area contributed by atoms with E-state index in [1.165, 1.54) is 5.56 Å². The van der Waals surface area contributed by atoms with Crippen LogP contribution >= 0.6 is 0 Å². The average molecular weight is 291 g/mol. The van der Waals surface area contributed by atoms with E-state index in [0.717, 1.165) is 52.1 Å². The number of nitrogens with one attached hydrogen (secondary N) is 1. The summed E-state index contributed by atoms with van der Waals surface area (Å²) in [7, 11) is 1.94. The lowest BCUT2D eigenvalue weighted by molar-refractivity contribution is -0.141. The van der Waals surface area contributed by atoms with Crippen LogP contribution < -0.4 is 5.32 Å². The third kappa shape index (κ3) is 2.70. The quantitative estimate of drug-likeness (QED) is 0.865. The third-order valence-corrected chi connectivity index (χ3v) is 4.92. The first-order chi connectivity index (χ1) is 10.1. The fourth-order valence-electron chi connectivity index (χ4n) is 3.72. The van der Waals surface area contributed by atoms with Crippen molar-refractivity contribution in [3.05, 3.63) is 18.0 Å². The van der Waals surface area contributed by atoms with Gasteiger partial charge < -0.3 is 5.32 Å². The number of aryl methyl sites for hydroxylation is 1. The van der Waals surface area contributed by atoms with Gasteiger partial charge >= 0.3 is 0 Å². The van der Waals surface area contributed by atoms with E-state index in [0.29, 0.717) is 0 Å². The lowest BCUT2D eigenvalue weighted by Crippen LogP contribution is -2.67. The molecular formula is C15H25N5O. The van der Waals surface area contributed by atoms with Crippen LogP contribution in [0.25, 0.3) is 0 Å². The maximum absolute atomic E-state index is 12.4. The molecule has 2 saturated heterocycles. The Balaban J connectivity index is 1.64. The van der Waals surface area contributed by atoms with E-state index in [-0.39, 0.29) is 11.4 Å². The first-order valence-electron chi connectivity index (χ1n) is 7.87. The van der Waals surface area contributed by atoms with Crippen LogP contribution in [0.15, 0.2) is 12.4 Å². The van der Waals surface area contributed by atoms with Crippen LogP contribution in [-0.2, 0) is 18.4 Å². The first kappa shape index (κ1) is 14.5. The van der Waals surface area contributed by atoms with E-state index >= 15 is 0 Å². The molecular weight excluding hydrogens is 266 g/mol. The molecule has 2 aliphatic rings. The molecule has 6 heteroatoms. The molecule has 21 heavy (non-hydrogen) atoms. The summed E-state index contributed by atoms with van der Waals surface area (Å²) in [5, 5.41) is 7.28. The molecule has 3 rings (SSSR count). The highest BCUT2D eigenvalue weighted by molar-refractivity contribution is 5.87. The van der Waals surface area contributed by atoms with Gasteiger partial charge in [0.15, 0.2) is 0 Å². The second kappa shape index (κ2) is 5.77. The largest absolute Gasteiger partial charge is 0.353 e. The number of piperidine rings is 1. The molecule has 0 bridgehead atoms. The number of carbonyl (C=O) groups is 1. The first-order valence-corrected chi connectivity index (χ1v) is 7.87. The summed E-state index contributed by atoms with van der Waals surface area (Å²) in [4.78, 5) is 17.2. The van der Waals surface area contributed by atoms with E-state index in [1.54, 1.807) is 0 Å². The van der Waals surface area contributed by atoms with Gasteiger partial charge in [-0.2, -0.15) is 5.10 Å². The number of hydrogen-bond donors (Lipinski definition) is 1. The molecule has 0 aliphatic carbocycles. The molecule has 2 aliphatic heterocycles. The fourth-order valence-corrected chi connectivity index (χ4v) is 3.72. The third-order valence-electron chi connectivity index (χ3n) is 4.92. The molecule has 1 aromatic heterocycles. The normalized spacial score (nSPS) is 23.4. The second-order valence-corrected chi connectivity index (χ2v) is 6.17. The highest BCUT2D eigenvalue weighted by Crippen LogP contribution is 2.31. The van der Waals surface area contributed by atoms with Crippen molar-refractivity contribution in [3.63, 3.8) is 0 Å². The Morgan fingerprint density at radius 1 is 1.33 bits per heavy atom. The molecule has 2 fully saturated rings. The molecule has 1 spiro atoms. The van der Waals surface area contributed by atoms with E-state index in [1.807, 2.05) is 17.9 Å². The van der Waals surface area contributed by atoms with Crippen molar-refractivity contribution in [1.29, 1.82) is 0 Å². The SMILES string of the molecule is CCN1CCNC(=O)C12CCN(Cc1cnn(C)c1)CC2. The summed E-state index contributed by atoms with van der Waals surface area (Å²) >= 11 is 0. The Hall–Kier alpha value is -1.40. The highest BCUT2D eigenvalue weighted by atomic mass is 16.2. The van der Waals surface area contributed by atoms with Crippen LogP contribution in [0.4, 0.5) is 0 Å². The number of likely N-dealkylation sites (N-methyl/N-ethyl adjacent to an activating group) is 1. The van der Waals surface area contributed by atoms with Crippen molar-refractivity contribution in [2.75, 3.05) is 32.7 Å². The molecule has 0 aromatic carbocycles. The number of rotatable bonds is 3. The Kier molecular flexibility index (Phi) is 3.99. The van der Waals surface area contributed by atoms with Crippen molar-refractivity contribution >= 4 is 5.91 Å². The fraction of sp³-hybridized carbons (Fsp3) is 0.733. The maximum atomic E-state index is 12.4. The van der Waals surface area contributed by atoms with E-state index < -0.39 is 0 Å². The van der Waals surface area contributed by atoms with E-state index in [4.69, 9.17) is 0 Å². The zero-order chi connectivity index (χ0) is 14.9. The van der Waals surface area contributed by atoms with Gasteiger partial charge in [0.05, 0.1) is 6.20 Å². The monoisotopic (exact) mass is 291 g/mol. The molecule has 1 aromatic rings. The molecule has 0 unspecified atom stereocenters. The molecule has 1 N–H and O–H groups in total. The average Bonchev–Trinajstić information content (AvgIpc) is 2.89. The number of hydrogen-bond acceptors (Lipinski definition) is 4. The van der Waals surface area contributed by atoms with Crippen molar-refractivity contribution in [2.24, 2.45) is 7.05 Å². The lowest BCUT2D eigenvalue weighted by atomic mass is 9.83. The van der Waals surface area contributed by atoms with Gasteiger partial charge in [-0.3, -0.25) is 19.3 Å². The smallest absolute Gasteiger partial charge is 0.240 e. The Bertz CT molecular complexity index is 504. The number of carbonyl (C=O) groups excluding carboxylic acids is 1. The van der Waals surface area contributed by atoms with Gasteiger partial charge in [0.2, 0.25) is 5.91 Å². The summed E-state index contributed by atoms with van der Waals surface area (Å²) in [6.07, 6.45) is 5.84. The van der Waals surface area contributed by atoms with Gasteiger partial charge in [-0.05, 0) is 19.4 Å². The van der Waals surface area contributed by atoms with Crippen LogP contribution in [0.3, 0.4) is 0 Å². The van der Waals surface area contributed by atoms with Gasteiger partial charge in [-0.25, -0.2) is 0 Å². The Labute approximate surface area is 126 Å². The summed E-state index contributed by atoms with van der Waals surface area (Å²) in [6, 6.07) is 0. The van der Waals surface area contributed by atoms with Crippen LogP contribution in [0.5, 0.6) is 0 Å². The minimum atomic E-state index is -0.265. The van der Waals surface area contributed by atoms with Crippen molar-refractivity contribution in [3.8, 4) is 0 Å². The molecule has 0 radical (unpaired) electrons. The number of nitrogens with zero attached hydrogens (tertiary/aromatic N) is 4. The van der Waals surface area contributed by atoms with Gasteiger partial charge in [0.25, 0.3) is 0 Å². The lowest BCUT2D eigenvalue weighted by Gasteiger charge is -2.49. The minimum Gasteiger partial charge on any atom is -0.353 e. The zero-order valence-electron chi connectivity index (χ0n) is 13.0. The minimum absolute atomic E-state index is 0.233. The predicted octanol–water partition coefficient (Wildman–Crippen LogP) is 0.206. The van der Waals surface area contributed by atoms with Crippen molar-refractivity contribution < 1.29 is 4.79 Å². The van der Waals surface area contributed by atoms with Crippen LogP contribution in [0.2, 0.25) is 0 Å². The van der Waals surface area contributed by atoms with E-state index in [9.17, 15) is 4.79 Å². The topological polar surface area (TPSA) is 53.4 Å². The summed E-state index contributed by atoms with van der Waals surface area (Å²) in [6.45, 7) is 7.74. The summed E-state index contributed by atoms with van der Waals surface area (Å²) in [5.41, 5.74) is 0.979. The molecule has 3 heterocycles. The summed E-state index contributed by atoms with van der Waals surface area (Å²) in [5.74, 6) is 0.233. The van der Waals surface area contributed by atoms with Gasteiger partial charge in [-0.15, -0.1) is 0 Å². The molecule has 0 atom stereocenters. The highest BCUT2D eigenvalue weighted by Gasteiger charge is 2.47. The molecule has 1 amide bonds.